The van der Waals surface area contributed by atoms with E-state index in [-0.39, 0.29) is 5.91 Å². The molecule has 0 saturated carbocycles. The van der Waals surface area contributed by atoms with Crippen LogP contribution < -0.4 is 9.64 Å². The fraction of sp³-hybridized carbons (Fsp3) is 0.350. The number of aryl methyl sites for hydroxylation is 1. The topological polar surface area (TPSA) is 32.8 Å². The molecule has 1 fully saturated rings. The molecule has 0 bridgehead atoms. The van der Waals surface area contributed by atoms with Crippen LogP contribution in [0.2, 0.25) is 10.0 Å². The first-order valence-electron chi connectivity index (χ1n) is 8.66. The predicted molar refractivity (Wildman–Crippen MR) is 107 cm³/mol. The van der Waals surface area contributed by atoms with Gasteiger partial charge in [-0.05, 0) is 49.7 Å². The number of hydrogen-bond acceptors (Lipinski definition) is 3. The zero-order chi connectivity index (χ0) is 18.7. The molecule has 0 spiro atoms. The van der Waals surface area contributed by atoms with E-state index >= 15 is 0 Å². The molecule has 0 unspecified atom stereocenters. The molecule has 1 atom stereocenters. The highest BCUT2D eigenvalue weighted by molar-refractivity contribution is 6.31. The molecule has 1 saturated heterocycles. The van der Waals surface area contributed by atoms with Crippen LogP contribution in [-0.2, 0) is 4.79 Å². The Morgan fingerprint density at radius 2 is 1.73 bits per heavy atom. The molecule has 1 aliphatic heterocycles. The maximum atomic E-state index is 12.7. The lowest BCUT2D eigenvalue weighted by Crippen LogP contribution is -2.52. The summed E-state index contributed by atoms with van der Waals surface area (Å²) in [6.45, 7) is 6.72. The van der Waals surface area contributed by atoms with Gasteiger partial charge in [0, 0.05) is 41.9 Å². The highest BCUT2D eigenvalue weighted by Crippen LogP contribution is 2.25. The molecule has 0 radical (unpaired) electrons. The van der Waals surface area contributed by atoms with Crippen molar-refractivity contribution in [1.82, 2.24) is 4.90 Å². The first kappa shape index (κ1) is 18.9. The van der Waals surface area contributed by atoms with Gasteiger partial charge in [0.05, 0.1) is 0 Å². The SMILES string of the molecule is Cc1ccc(Cl)cc1N1CCN(C(=O)[C@@H](C)Oc2cccc(Cl)c2)CC1. The fourth-order valence-electron chi connectivity index (χ4n) is 3.14. The third-order valence-corrected chi connectivity index (χ3v) is 5.03. The first-order chi connectivity index (χ1) is 12.4. The number of carbonyl (C=O) groups excluding carboxylic acids is 1. The van der Waals surface area contributed by atoms with E-state index in [9.17, 15) is 4.79 Å². The molecular weight excluding hydrogens is 371 g/mol. The number of amides is 1. The lowest BCUT2D eigenvalue weighted by Gasteiger charge is -2.37. The second-order valence-corrected chi connectivity index (χ2v) is 7.33. The van der Waals surface area contributed by atoms with Gasteiger partial charge in [0.15, 0.2) is 6.10 Å². The van der Waals surface area contributed by atoms with Gasteiger partial charge in [-0.25, -0.2) is 0 Å². The van der Waals surface area contributed by atoms with Gasteiger partial charge in [0.2, 0.25) is 0 Å². The quantitative estimate of drug-likeness (QED) is 0.771. The van der Waals surface area contributed by atoms with Crippen LogP contribution in [0.25, 0.3) is 0 Å². The number of carbonyl (C=O) groups is 1. The maximum absolute atomic E-state index is 12.7. The monoisotopic (exact) mass is 392 g/mol. The third-order valence-electron chi connectivity index (χ3n) is 4.56. The standard InChI is InChI=1S/C20H22Cl2N2O2/c1-14-6-7-17(22)13-19(14)23-8-10-24(11-9-23)20(25)15(2)26-18-5-3-4-16(21)12-18/h3-7,12-13,15H,8-11H2,1-2H3/t15-/m1/s1. The lowest BCUT2D eigenvalue weighted by molar-refractivity contribution is -0.138. The number of rotatable bonds is 4. The largest absolute Gasteiger partial charge is 0.481 e. The summed E-state index contributed by atoms with van der Waals surface area (Å²) in [5, 5.41) is 1.32. The number of piperazine rings is 1. The smallest absolute Gasteiger partial charge is 0.263 e. The summed E-state index contributed by atoms with van der Waals surface area (Å²) in [5.41, 5.74) is 2.32. The number of ether oxygens (including phenoxy) is 1. The number of hydrogen-bond donors (Lipinski definition) is 0. The summed E-state index contributed by atoms with van der Waals surface area (Å²) in [7, 11) is 0. The zero-order valence-electron chi connectivity index (χ0n) is 14.9. The molecule has 0 N–H and O–H groups in total. The normalized spacial score (nSPS) is 15.7. The first-order valence-corrected chi connectivity index (χ1v) is 9.42. The van der Waals surface area contributed by atoms with E-state index in [0.717, 1.165) is 23.8 Å². The third kappa shape index (κ3) is 4.43. The Hall–Kier alpha value is -1.91. The van der Waals surface area contributed by atoms with Gasteiger partial charge < -0.3 is 14.5 Å². The number of anilines is 1. The van der Waals surface area contributed by atoms with Crippen LogP contribution >= 0.6 is 23.2 Å². The summed E-state index contributed by atoms with van der Waals surface area (Å²) < 4.78 is 5.75. The van der Waals surface area contributed by atoms with Gasteiger partial charge in [-0.15, -0.1) is 0 Å². The number of halogens is 2. The van der Waals surface area contributed by atoms with Crippen LogP contribution in [0.5, 0.6) is 5.75 Å². The van der Waals surface area contributed by atoms with Crippen molar-refractivity contribution in [2.24, 2.45) is 0 Å². The Morgan fingerprint density at radius 3 is 2.42 bits per heavy atom. The molecule has 0 aromatic heterocycles. The molecule has 138 valence electrons. The molecule has 0 aliphatic carbocycles. The van der Waals surface area contributed by atoms with Gasteiger partial charge in [-0.2, -0.15) is 0 Å². The van der Waals surface area contributed by atoms with Crippen LogP contribution in [-0.4, -0.2) is 43.1 Å². The minimum Gasteiger partial charge on any atom is -0.481 e. The number of benzene rings is 2. The summed E-state index contributed by atoms with van der Waals surface area (Å²) >= 11 is 12.1. The minimum absolute atomic E-state index is 0.00700. The molecule has 4 nitrogen and oxygen atoms in total. The molecule has 1 heterocycles. The van der Waals surface area contributed by atoms with E-state index in [0.29, 0.717) is 23.9 Å². The van der Waals surface area contributed by atoms with Crippen molar-refractivity contribution in [2.75, 3.05) is 31.1 Å². The van der Waals surface area contributed by atoms with Crippen molar-refractivity contribution in [3.63, 3.8) is 0 Å². The van der Waals surface area contributed by atoms with E-state index in [4.69, 9.17) is 27.9 Å². The Balaban J connectivity index is 1.58. The maximum Gasteiger partial charge on any atom is 0.263 e. The number of nitrogens with zero attached hydrogens (tertiary/aromatic N) is 2. The Bertz CT molecular complexity index is 789. The van der Waals surface area contributed by atoms with Crippen LogP contribution in [0.4, 0.5) is 5.69 Å². The van der Waals surface area contributed by atoms with Crippen LogP contribution in [0, 0.1) is 6.92 Å². The summed E-state index contributed by atoms with van der Waals surface area (Å²) in [6.07, 6.45) is -0.548. The van der Waals surface area contributed by atoms with Gasteiger partial charge in [0.1, 0.15) is 5.75 Å². The Labute approximate surface area is 164 Å². The molecule has 2 aromatic rings. The summed E-state index contributed by atoms with van der Waals surface area (Å²) in [5.74, 6) is 0.596. The minimum atomic E-state index is -0.548. The average molecular weight is 393 g/mol. The van der Waals surface area contributed by atoms with E-state index in [1.54, 1.807) is 31.2 Å². The second kappa shape index (κ2) is 8.19. The molecular formula is C20H22Cl2N2O2. The highest BCUT2D eigenvalue weighted by atomic mass is 35.5. The fourth-order valence-corrected chi connectivity index (χ4v) is 3.49. The van der Waals surface area contributed by atoms with Crippen LogP contribution in [0.15, 0.2) is 42.5 Å². The van der Waals surface area contributed by atoms with Gasteiger partial charge >= 0.3 is 0 Å². The van der Waals surface area contributed by atoms with Crippen molar-refractivity contribution in [3.8, 4) is 5.75 Å². The van der Waals surface area contributed by atoms with Crippen molar-refractivity contribution in [2.45, 2.75) is 20.0 Å². The molecule has 1 amide bonds. The average Bonchev–Trinajstić information content (AvgIpc) is 2.63. The van der Waals surface area contributed by atoms with Gasteiger partial charge in [-0.3, -0.25) is 4.79 Å². The Kier molecular flexibility index (Phi) is 5.94. The Morgan fingerprint density at radius 1 is 1.04 bits per heavy atom. The van der Waals surface area contributed by atoms with E-state index in [1.165, 1.54) is 5.56 Å². The zero-order valence-corrected chi connectivity index (χ0v) is 16.4. The molecule has 26 heavy (non-hydrogen) atoms. The molecule has 1 aliphatic rings. The van der Waals surface area contributed by atoms with E-state index < -0.39 is 6.10 Å². The van der Waals surface area contributed by atoms with Crippen molar-refractivity contribution < 1.29 is 9.53 Å². The highest BCUT2D eigenvalue weighted by Gasteiger charge is 2.26. The van der Waals surface area contributed by atoms with E-state index in [1.807, 2.05) is 23.1 Å². The van der Waals surface area contributed by atoms with Crippen molar-refractivity contribution in [1.29, 1.82) is 0 Å². The van der Waals surface area contributed by atoms with Crippen molar-refractivity contribution >= 4 is 34.8 Å². The van der Waals surface area contributed by atoms with Crippen LogP contribution in [0.3, 0.4) is 0 Å². The molecule has 2 aromatic carbocycles. The summed E-state index contributed by atoms with van der Waals surface area (Å²) in [6, 6.07) is 13.0. The van der Waals surface area contributed by atoms with Gasteiger partial charge in [0.25, 0.3) is 5.91 Å². The molecule has 3 rings (SSSR count). The second-order valence-electron chi connectivity index (χ2n) is 6.46. The lowest BCUT2D eigenvalue weighted by atomic mass is 10.1. The summed E-state index contributed by atoms with van der Waals surface area (Å²) in [4.78, 5) is 16.8. The van der Waals surface area contributed by atoms with Crippen LogP contribution in [0.1, 0.15) is 12.5 Å². The predicted octanol–water partition coefficient (Wildman–Crippen LogP) is 4.42. The van der Waals surface area contributed by atoms with Crippen molar-refractivity contribution in [3.05, 3.63) is 58.1 Å². The van der Waals surface area contributed by atoms with Gasteiger partial charge in [-0.1, -0.05) is 35.3 Å². The molecule has 6 heteroatoms. The van der Waals surface area contributed by atoms with E-state index in [2.05, 4.69) is 11.8 Å².